The Hall–Kier alpha value is -3.06. The Kier molecular flexibility index (Phi) is 5.39. The third-order valence-corrected chi connectivity index (χ3v) is 6.56. The molecule has 4 rings (SSSR count). The lowest BCUT2D eigenvalue weighted by atomic mass is 9.89. The van der Waals surface area contributed by atoms with E-state index in [2.05, 4.69) is 5.32 Å². The van der Waals surface area contributed by atoms with Crippen molar-refractivity contribution in [1.29, 1.82) is 0 Å². The van der Waals surface area contributed by atoms with Crippen LogP contribution in [0.25, 0.3) is 10.8 Å². The molecule has 0 fully saturated rings. The first-order chi connectivity index (χ1) is 14.6. The van der Waals surface area contributed by atoms with Gasteiger partial charge in [0.25, 0.3) is 0 Å². The van der Waals surface area contributed by atoms with E-state index in [0.29, 0.717) is 12.1 Å². The van der Waals surface area contributed by atoms with Gasteiger partial charge in [0.05, 0.1) is 18.0 Å². The molecule has 162 valence electrons. The van der Waals surface area contributed by atoms with Crippen LogP contribution in [0.2, 0.25) is 0 Å². The van der Waals surface area contributed by atoms with Crippen LogP contribution in [0.15, 0.2) is 66.7 Å². The Morgan fingerprint density at radius 3 is 2.52 bits per heavy atom. The summed E-state index contributed by atoms with van der Waals surface area (Å²) >= 11 is 0. The summed E-state index contributed by atoms with van der Waals surface area (Å²) in [5, 5.41) is 4.72. The number of ether oxygens (including phenoxy) is 1. The van der Waals surface area contributed by atoms with E-state index in [1.54, 1.807) is 12.1 Å². The number of hydrogen-bond acceptors (Lipinski definition) is 4. The Labute approximate surface area is 182 Å². The van der Waals surface area contributed by atoms with E-state index in [1.807, 2.05) is 68.4 Å². The fraction of sp³-hybridized carbons (Fsp3) is 0.292. The van der Waals surface area contributed by atoms with Crippen LogP contribution in [0.1, 0.15) is 31.9 Å². The van der Waals surface area contributed by atoms with Gasteiger partial charge in [-0.1, -0.05) is 54.6 Å². The van der Waals surface area contributed by atoms with Crippen molar-refractivity contribution in [3.63, 3.8) is 0 Å². The van der Waals surface area contributed by atoms with E-state index < -0.39 is 15.6 Å². The number of carbonyl (C=O) groups excluding carboxylic acids is 1. The van der Waals surface area contributed by atoms with Gasteiger partial charge in [0.1, 0.15) is 17.9 Å². The molecule has 1 heterocycles. The molecule has 1 amide bonds. The van der Waals surface area contributed by atoms with E-state index in [-0.39, 0.29) is 18.5 Å². The highest BCUT2D eigenvalue weighted by Gasteiger charge is 2.35. The molecule has 0 aliphatic carbocycles. The topological polar surface area (TPSA) is 75.7 Å². The normalized spacial score (nSPS) is 17.5. The van der Waals surface area contributed by atoms with E-state index in [9.17, 15) is 13.2 Å². The van der Waals surface area contributed by atoms with Crippen LogP contribution in [0, 0.1) is 0 Å². The minimum atomic E-state index is -3.68. The zero-order valence-electron chi connectivity index (χ0n) is 17.8. The van der Waals surface area contributed by atoms with E-state index in [1.165, 1.54) is 4.31 Å². The van der Waals surface area contributed by atoms with Gasteiger partial charge in [-0.15, -0.1) is 0 Å². The third-order valence-electron chi connectivity index (χ3n) is 5.43. The molecule has 0 saturated heterocycles. The fourth-order valence-electron chi connectivity index (χ4n) is 4.11. The predicted octanol–water partition coefficient (Wildman–Crippen LogP) is 4.02. The number of hydrogen-bond donors (Lipinski definition) is 1. The molecule has 0 aromatic heterocycles. The average molecular weight is 439 g/mol. The maximum Gasteiger partial charge on any atom is 0.241 e. The van der Waals surface area contributed by atoms with Crippen molar-refractivity contribution in [2.75, 3.05) is 17.1 Å². The number of fused-ring (bicyclic) bond motifs is 2. The summed E-state index contributed by atoms with van der Waals surface area (Å²) in [4.78, 5) is 13.0. The van der Waals surface area contributed by atoms with Crippen LogP contribution < -0.4 is 14.4 Å². The molecular formula is C24H26N2O4S. The number of benzene rings is 3. The molecule has 1 aliphatic rings. The maximum absolute atomic E-state index is 13.0. The van der Waals surface area contributed by atoms with Crippen molar-refractivity contribution in [3.8, 4) is 5.75 Å². The van der Waals surface area contributed by atoms with E-state index >= 15 is 0 Å². The molecule has 0 radical (unpaired) electrons. The Balaban J connectivity index is 1.63. The first kappa shape index (κ1) is 21.2. The van der Waals surface area contributed by atoms with Crippen molar-refractivity contribution in [1.82, 2.24) is 5.32 Å². The summed E-state index contributed by atoms with van der Waals surface area (Å²) in [6, 6.07) is 20.3. The Morgan fingerprint density at radius 2 is 1.74 bits per heavy atom. The van der Waals surface area contributed by atoms with Crippen LogP contribution in [-0.2, 0) is 14.8 Å². The van der Waals surface area contributed by atoms with E-state index in [0.717, 1.165) is 28.3 Å². The number of nitrogens with one attached hydrogen (secondary N) is 1. The molecule has 0 unspecified atom stereocenters. The van der Waals surface area contributed by atoms with Crippen molar-refractivity contribution in [3.05, 3.63) is 72.3 Å². The lowest BCUT2D eigenvalue weighted by Crippen LogP contribution is -2.45. The molecular weight excluding hydrogens is 412 g/mol. The smallest absolute Gasteiger partial charge is 0.241 e. The van der Waals surface area contributed by atoms with Crippen molar-refractivity contribution in [2.24, 2.45) is 0 Å². The van der Waals surface area contributed by atoms with Gasteiger partial charge in [-0.3, -0.25) is 9.10 Å². The Bertz CT molecular complexity index is 1230. The summed E-state index contributed by atoms with van der Waals surface area (Å²) in [5.41, 5.74) is 0.938. The quantitative estimate of drug-likeness (QED) is 0.653. The van der Waals surface area contributed by atoms with Gasteiger partial charge in [0.15, 0.2) is 0 Å². The van der Waals surface area contributed by atoms with Gasteiger partial charge >= 0.3 is 0 Å². The molecule has 6 nitrogen and oxygen atoms in total. The number of para-hydroxylation sites is 1. The molecule has 0 bridgehead atoms. The van der Waals surface area contributed by atoms with E-state index in [4.69, 9.17) is 4.74 Å². The number of nitrogens with zero attached hydrogens (tertiary/aromatic N) is 1. The van der Waals surface area contributed by atoms with Crippen molar-refractivity contribution < 1.29 is 17.9 Å². The van der Waals surface area contributed by atoms with Gasteiger partial charge < -0.3 is 10.1 Å². The van der Waals surface area contributed by atoms with Crippen LogP contribution in [-0.4, -0.2) is 32.7 Å². The van der Waals surface area contributed by atoms with Gasteiger partial charge in [-0.05, 0) is 31.4 Å². The lowest BCUT2D eigenvalue weighted by Gasteiger charge is -2.38. The molecule has 31 heavy (non-hydrogen) atoms. The van der Waals surface area contributed by atoms with Crippen LogP contribution >= 0.6 is 0 Å². The minimum absolute atomic E-state index is 0.263. The summed E-state index contributed by atoms with van der Waals surface area (Å²) in [7, 11) is -3.68. The van der Waals surface area contributed by atoms with Gasteiger partial charge in [-0.25, -0.2) is 8.42 Å². The number of sulfonamides is 1. The van der Waals surface area contributed by atoms with Crippen molar-refractivity contribution >= 4 is 32.4 Å². The highest BCUT2D eigenvalue weighted by molar-refractivity contribution is 7.92. The standard InChI is InChI=1S/C24H26N2O4S/c1-24(2)15-20(19-12-6-7-14-22(19)30-24)25-23(27)16-26(31(3,28)29)21-13-8-10-17-9-4-5-11-18(17)21/h4-14,20H,15-16H2,1-3H3,(H,25,27)/t20-/m1/s1. The molecule has 3 aromatic rings. The molecule has 0 spiro atoms. The second kappa shape index (κ2) is 7.89. The van der Waals surface area contributed by atoms with Crippen LogP contribution in [0.5, 0.6) is 5.75 Å². The predicted molar refractivity (Wildman–Crippen MR) is 123 cm³/mol. The lowest BCUT2D eigenvalue weighted by molar-refractivity contribution is -0.120. The second-order valence-electron chi connectivity index (χ2n) is 8.49. The minimum Gasteiger partial charge on any atom is -0.487 e. The molecule has 0 saturated carbocycles. The summed E-state index contributed by atoms with van der Waals surface area (Å²) in [6.07, 6.45) is 1.71. The molecule has 1 atom stereocenters. The number of carbonyl (C=O) groups is 1. The highest BCUT2D eigenvalue weighted by atomic mass is 32.2. The SMILES string of the molecule is CC1(C)C[C@@H](NC(=O)CN(c2cccc3ccccc23)S(C)(=O)=O)c2ccccc2O1. The summed E-state index contributed by atoms with van der Waals surface area (Å²) in [6.45, 7) is 3.65. The number of amides is 1. The fourth-order valence-corrected chi connectivity index (χ4v) is 4.98. The largest absolute Gasteiger partial charge is 0.487 e. The number of rotatable bonds is 5. The molecule has 3 aromatic carbocycles. The number of anilines is 1. The third kappa shape index (κ3) is 4.51. The first-order valence-electron chi connectivity index (χ1n) is 10.2. The summed E-state index contributed by atoms with van der Waals surface area (Å²) < 4.78 is 32.5. The van der Waals surface area contributed by atoms with Gasteiger partial charge in [-0.2, -0.15) is 0 Å². The average Bonchev–Trinajstić information content (AvgIpc) is 2.70. The van der Waals surface area contributed by atoms with Gasteiger partial charge in [0, 0.05) is 17.4 Å². The monoisotopic (exact) mass is 438 g/mol. The second-order valence-corrected chi connectivity index (χ2v) is 10.4. The zero-order chi connectivity index (χ0) is 22.2. The molecule has 1 N–H and O–H groups in total. The van der Waals surface area contributed by atoms with Gasteiger partial charge in [0.2, 0.25) is 15.9 Å². The first-order valence-corrected chi connectivity index (χ1v) is 12.0. The maximum atomic E-state index is 13.0. The molecule has 1 aliphatic heterocycles. The molecule has 7 heteroatoms. The van der Waals surface area contributed by atoms with Crippen LogP contribution in [0.3, 0.4) is 0 Å². The summed E-state index contributed by atoms with van der Waals surface area (Å²) in [5.74, 6) is 0.369. The Morgan fingerprint density at radius 1 is 1.06 bits per heavy atom. The van der Waals surface area contributed by atoms with Crippen LogP contribution in [0.4, 0.5) is 5.69 Å². The van der Waals surface area contributed by atoms with Crippen molar-refractivity contribution in [2.45, 2.75) is 31.9 Å². The highest BCUT2D eigenvalue weighted by Crippen LogP contribution is 2.39. The zero-order valence-corrected chi connectivity index (χ0v) is 18.6.